The van der Waals surface area contributed by atoms with E-state index in [1.165, 1.54) is 0 Å². The molecular weight excluding hydrogens is 341 g/mol. The van der Waals surface area contributed by atoms with E-state index in [9.17, 15) is 9.18 Å². The van der Waals surface area contributed by atoms with E-state index < -0.39 is 5.97 Å². The molecule has 0 amide bonds. The molecule has 3 aromatic rings. The van der Waals surface area contributed by atoms with Crippen molar-refractivity contribution in [2.24, 2.45) is 0 Å². The second kappa shape index (κ2) is 6.89. The molecule has 25 heavy (non-hydrogen) atoms. The fourth-order valence-corrected chi connectivity index (χ4v) is 3.40. The zero-order valence-corrected chi connectivity index (χ0v) is 14.9. The molecule has 3 nitrogen and oxygen atoms in total. The molecule has 2 aromatic carbocycles. The van der Waals surface area contributed by atoms with Gasteiger partial charge in [0.2, 0.25) is 0 Å². The number of hydrogen-bond donors (Lipinski definition) is 2. The van der Waals surface area contributed by atoms with Gasteiger partial charge in [0.05, 0.1) is 0 Å². The number of fused-ring (bicyclic) bond motifs is 1. The van der Waals surface area contributed by atoms with Crippen molar-refractivity contribution in [2.45, 2.75) is 33.1 Å². The molecule has 0 saturated heterocycles. The molecule has 0 fully saturated rings. The third kappa shape index (κ3) is 3.54. The third-order valence-electron chi connectivity index (χ3n) is 4.41. The van der Waals surface area contributed by atoms with Gasteiger partial charge in [0, 0.05) is 28.0 Å². The molecule has 5 heteroatoms. The minimum Gasteiger partial charge on any atom is -0.481 e. The number of H-pyrrole nitrogens is 1. The summed E-state index contributed by atoms with van der Waals surface area (Å²) in [7, 11) is 0. The van der Waals surface area contributed by atoms with Crippen LogP contribution in [0.15, 0.2) is 30.3 Å². The molecule has 0 radical (unpaired) electrons. The van der Waals surface area contributed by atoms with Crippen LogP contribution in [-0.2, 0) is 11.2 Å². The normalized spacial score (nSPS) is 11.2. The number of carboxylic acids is 1. The summed E-state index contributed by atoms with van der Waals surface area (Å²) in [6.45, 7) is 3.49. The van der Waals surface area contributed by atoms with E-state index in [-0.39, 0.29) is 12.2 Å². The predicted molar refractivity (Wildman–Crippen MR) is 98.8 cm³/mol. The number of aryl methyl sites for hydroxylation is 3. The van der Waals surface area contributed by atoms with E-state index in [0.717, 1.165) is 27.7 Å². The lowest BCUT2D eigenvalue weighted by atomic mass is 9.97. The molecule has 0 aliphatic rings. The van der Waals surface area contributed by atoms with Crippen LogP contribution in [0.4, 0.5) is 4.39 Å². The predicted octanol–water partition coefficient (Wildman–Crippen LogP) is 5.65. The van der Waals surface area contributed by atoms with Crippen molar-refractivity contribution in [3.8, 4) is 11.3 Å². The Balaban J connectivity index is 2.14. The Morgan fingerprint density at radius 1 is 1.20 bits per heavy atom. The van der Waals surface area contributed by atoms with Crippen LogP contribution in [-0.4, -0.2) is 16.1 Å². The first-order valence-electron chi connectivity index (χ1n) is 8.16. The Morgan fingerprint density at radius 2 is 1.88 bits per heavy atom. The monoisotopic (exact) mass is 359 g/mol. The highest BCUT2D eigenvalue weighted by Gasteiger charge is 2.16. The van der Waals surface area contributed by atoms with E-state index in [4.69, 9.17) is 16.7 Å². The number of halogens is 2. The maximum absolute atomic E-state index is 14.0. The third-order valence-corrected chi connectivity index (χ3v) is 4.65. The minimum absolute atomic E-state index is 0.105. The number of rotatable bonds is 5. The van der Waals surface area contributed by atoms with Gasteiger partial charge in [-0.15, -0.1) is 0 Å². The summed E-state index contributed by atoms with van der Waals surface area (Å²) in [6, 6.07) is 9.23. The Hall–Kier alpha value is -2.33. The zero-order valence-electron chi connectivity index (χ0n) is 14.1. The second-order valence-corrected chi connectivity index (χ2v) is 6.78. The number of carboxylic acid groups (broad SMARTS) is 1. The number of hydrogen-bond acceptors (Lipinski definition) is 1. The standard InChI is InChI=1S/C20H19ClFNO2/c1-11-8-13(9-12(2)19(11)22)20-15(4-3-5-18(24)25)16-10-14(21)6-7-17(16)23-20/h6-10,23H,3-5H2,1-2H3,(H,24,25). The van der Waals surface area contributed by atoms with Gasteiger partial charge in [-0.3, -0.25) is 4.79 Å². The van der Waals surface area contributed by atoms with Crippen molar-refractivity contribution in [2.75, 3.05) is 0 Å². The highest BCUT2D eigenvalue weighted by atomic mass is 35.5. The van der Waals surface area contributed by atoms with Crippen molar-refractivity contribution in [1.82, 2.24) is 4.98 Å². The van der Waals surface area contributed by atoms with Gasteiger partial charge < -0.3 is 10.1 Å². The van der Waals surface area contributed by atoms with Crippen LogP contribution in [0.5, 0.6) is 0 Å². The minimum atomic E-state index is -0.812. The van der Waals surface area contributed by atoms with Crippen molar-refractivity contribution in [1.29, 1.82) is 0 Å². The highest BCUT2D eigenvalue weighted by Crippen LogP contribution is 2.34. The SMILES string of the molecule is Cc1cc(-c2[nH]c3ccc(Cl)cc3c2CCCC(=O)O)cc(C)c1F. The molecule has 0 aliphatic heterocycles. The van der Waals surface area contributed by atoms with Crippen molar-refractivity contribution >= 4 is 28.5 Å². The van der Waals surface area contributed by atoms with Gasteiger partial charge in [-0.2, -0.15) is 0 Å². The fraction of sp³-hybridized carbons (Fsp3) is 0.250. The summed E-state index contributed by atoms with van der Waals surface area (Å²) < 4.78 is 14.0. The van der Waals surface area contributed by atoms with Crippen LogP contribution in [0.3, 0.4) is 0 Å². The van der Waals surface area contributed by atoms with Crippen LogP contribution in [0.25, 0.3) is 22.2 Å². The lowest BCUT2D eigenvalue weighted by molar-refractivity contribution is -0.137. The van der Waals surface area contributed by atoms with Crippen LogP contribution in [0.1, 0.15) is 29.5 Å². The molecule has 0 aliphatic carbocycles. The molecular formula is C20H19ClFNO2. The van der Waals surface area contributed by atoms with Crippen molar-refractivity contribution in [3.63, 3.8) is 0 Å². The summed E-state index contributed by atoms with van der Waals surface area (Å²) in [5, 5.41) is 10.5. The van der Waals surface area contributed by atoms with Crippen LogP contribution in [0.2, 0.25) is 5.02 Å². The quantitative estimate of drug-likeness (QED) is 0.618. The number of aliphatic carboxylic acids is 1. The number of aromatic amines is 1. The maximum atomic E-state index is 14.0. The van der Waals surface area contributed by atoms with E-state index >= 15 is 0 Å². The molecule has 0 spiro atoms. The molecule has 0 unspecified atom stereocenters. The summed E-state index contributed by atoms with van der Waals surface area (Å²) >= 11 is 6.14. The number of carbonyl (C=O) groups is 1. The summed E-state index contributed by atoms with van der Waals surface area (Å²) in [5.74, 6) is -1.01. The summed E-state index contributed by atoms with van der Waals surface area (Å²) in [5.41, 5.74) is 4.92. The molecule has 1 heterocycles. The lowest BCUT2D eigenvalue weighted by Gasteiger charge is -2.09. The average molecular weight is 360 g/mol. The Kier molecular flexibility index (Phi) is 4.82. The Morgan fingerprint density at radius 3 is 2.52 bits per heavy atom. The summed E-state index contributed by atoms with van der Waals surface area (Å²) in [6.07, 6.45) is 1.24. The first-order chi connectivity index (χ1) is 11.9. The first kappa shape index (κ1) is 17.5. The van der Waals surface area contributed by atoms with E-state index in [1.54, 1.807) is 13.8 Å². The zero-order chi connectivity index (χ0) is 18.1. The van der Waals surface area contributed by atoms with Gasteiger partial charge >= 0.3 is 5.97 Å². The highest BCUT2D eigenvalue weighted by molar-refractivity contribution is 6.31. The Bertz CT molecular complexity index is 939. The topological polar surface area (TPSA) is 53.1 Å². The van der Waals surface area contributed by atoms with Crippen molar-refractivity contribution < 1.29 is 14.3 Å². The molecule has 130 valence electrons. The molecule has 2 N–H and O–H groups in total. The van der Waals surface area contributed by atoms with Crippen LogP contribution >= 0.6 is 11.6 Å². The van der Waals surface area contributed by atoms with Gasteiger partial charge in [-0.25, -0.2) is 4.39 Å². The van der Waals surface area contributed by atoms with E-state index in [2.05, 4.69) is 4.98 Å². The fourth-order valence-electron chi connectivity index (χ4n) is 3.23. The number of benzene rings is 2. The number of nitrogens with one attached hydrogen (secondary N) is 1. The second-order valence-electron chi connectivity index (χ2n) is 6.34. The lowest BCUT2D eigenvalue weighted by Crippen LogP contribution is -1.97. The van der Waals surface area contributed by atoms with E-state index in [0.29, 0.717) is 29.0 Å². The largest absolute Gasteiger partial charge is 0.481 e. The molecule has 1 aromatic heterocycles. The van der Waals surface area contributed by atoms with Crippen LogP contribution < -0.4 is 0 Å². The van der Waals surface area contributed by atoms with Crippen LogP contribution in [0, 0.1) is 19.7 Å². The summed E-state index contributed by atoms with van der Waals surface area (Å²) in [4.78, 5) is 14.2. The average Bonchev–Trinajstić information content (AvgIpc) is 2.90. The number of aromatic nitrogens is 1. The first-order valence-corrected chi connectivity index (χ1v) is 8.53. The Labute approximate surface area is 150 Å². The molecule has 3 rings (SSSR count). The van der Waals surface area contributed by atoms with Gasteiger partial charge in [0.25, 0.3) is 0 Å². The molecule has 0 atom stereocenters. The van der Waals surface area contributed by atoms with Gasteiger partial charge in [-0.1, -0.05) is 11.6 Å². The maximum Gasteiger partial charge on any atom is 0.303 e. The van der Waals surface area contributed by atoms with Gasteiger partial charge in [0.15, 0.2) is 0 Å². The van der Waals surface area contributed by atoms with Gasteiger partial charge in [-0.05, 0) is 79.3 Å². The molecule has 0 saturated carbocycles. The molecule has 0 bridgehead atoms. The van der Waals surface area contributed by atoms with E-state index in [1.807, 2.05) is 30.3 Å². The van der Waals surface area contributed by atoms with Gasteiger partial charge in [0.1, 0.15) is 5.82 Å². The smallest absolute Gasteiger partial charge is 0.303 e. The van der Waals surface area contributed by atoms with Crippen molar-refractivity contribution in [3.05, 3.63) is 57.9 Å².